The third kappa shape index (κ3) is 4.61. The Morgan fingerprint density at radius 2 is 1.78 bits per heavy atom. The van der Waals surface area contributed by atoms with Gasteiger partial charge in [-0.3, -0.25) is 4.90 Å². The van der Waals surface area contributed by atoms with Gasteiger partial charge in [0.25, 0.3) is 6.43 Å². The fourth-order valence-electron chi connectivity index (χ4n) is 2.87. The van der Waals surface area contributed by atoms with Gasteiger partial charge >= 0.3 is 0 Å². The van der Waals surface area contributed by atoms with Crippen molar-refractivity contribution < 1.29 is 8.78 Å². The molecule has 0 aromatic carbocycles. The number of piperazine rings is 1. The van der Waals surface area contributed by atoms with Gasteiger partial charge in [0.2, 0.25) is 0 Å². The summed E-state index contributed by atoms with van der Waals surface area (Å²) in [4.78, 5) is 4.30. The molecule has 1 unspecified atom stereocenters. The summed E-state index contributed by atoms with van der Waals surface area (Å²) < 4.78 is 24.5. The van der Waals surface area contributed by atoms with Crippen molar-refractivity contribution in [2.45, 2.75) is 19.8 Å². The highest BCUT2D eigenvalue weighted by molar-refractivity contribution is 5.85. The van der Waals surface area contributed by atoms with E-state index in [0.717, 1.165) is 45.8 Å². The van der Waals surface area contributed by atoms with E-state index >= 15 is 0 Å². The Kier molecular flexibility index (Phi) is 6.24. The summed E-state index contributed by atoms with van der Waals surface area (Å²) in [6.45, 7) is 8.99. The van der Waals surface area contributed by atoms with E-state index in [1.807, 2.05) is 4.90 Å². The Morgan fingerprint density at radius 1 is 1.17 bits per heavy atom. The van der Waals surface area contributed by atoms with Crippen LogP contribution in [0.1, 0.15) is 13.3 Å². The molecule has 2 aliphatic heterocycles. The van der Waals surface area contributed by atoms with E-state index in [2.05, 4.69) is 17.1 Å². The standard InChI is InChI=1S/C12H23F2N3.ClH/c1-12(2-3-15-9-12)10-17-6-4-16(5-7-17)8-11(13)14;/h11,15H,2-10H2,1H3;1H. The van der Waals surface area contributed by atoms with Crippen LogP contribution < -0.4 is 5.32 Å². The van der Waals surface area contributed by atoms with Gasteiger partial charge in [0.15, 0.2) is 0 Å². The van der Waals surface area contributed by atoms with E-state index < -0.39 is 6.43 Å². The van der Waals surface area contributed by atoms with Crippen LogP contribution in [0.25, 0.3) is 0 Å². The van der Waals surface area contributed by atoms with Crippen molar-refractivity contribution in [2.24, 2.45) is 5.41 Å². The first-order valence-corrected chi connectivity index (χ1v) is 6.51. The number of rotatable bonds is 4. The lowest BCUT2D eigenvalue weighted by molar-refractivity contribution is 0.0456. The molecule has 2 saturated heterocycles. The molecule has 0 aromatic rings. The maximum atomic E-state index is 12.2. The Hall–Kier alpha value is 0.0300. The van der Waals surface area contributed by atoms with Gasteiger partial charge in [-0.05, 0) is 18.4 Å². The summed E-state index contributed by atoms with van der Waals surface area (Å²) in [5.41, 5.74) is 0.380. The lowest BCUT2D eigenvalue weighted by Crippen LogP contribution is -2.50. The molecule has 0 aromatic heterocycles. The molecule has 1 atom stereocenters. The van der Waals surface area contributed by atoms with Crippen LogP contribution in [-0.2, 0) is 0 Å². The summed E-state index contributed by atoms with van der Waals surface area (Å²) in [5, 5.41) is 3.40. The minimum atomic E-state index is -2.20. The molecule has 2 heterocycles. The van der Waals surface area contributed by atoms with E-state index in [4.69, 9.17) is 0 Å². The lowest BCUT2D eigenvalue weighted by atomic mass is 9.89. The predicted octanol–water partition coefficient (Wildman–Crippen LogP) is 1.29. The number of nitrogens with zero attached hydrogens (tertiary/aromatic N) is 2. The second kappa shape index (κ2) is 6.98. The Bertz CT molecular complexity index is 239. The quantitative estimate of drug-likeness (QED) is 0.839. The highest BCUT2D eigenvalue weighted by Crippen LogP contribution is 2.26. The third-order valence-electron chi connectivity index (χ3n) is 3.92. The van der Waals surface area contributed by atoms with Gasteiger partial charge in [0.1, 0.15) is 0 Å². The maximum Gasteiger partial charge on any atom is 0.251 e. The minimum Gasteiger partial charge on any atom is -0.316 e. The fraction of sp³-hybridized carbons (Fsp3) is 1.00. The Balaban J connectivity index is 0.00000162. The van der Waals surface area contributed by atoms with E-state index in [0.29, 0.717) is 5.41 Å². The van der Waals surface area contributed by atoms with Gasteiger partial charge in [0, 0.05) is 39.3 Å². The Morgan fingerprint density at radius 3 is 2.28 bits per heavy atom. The molecule has 0 spiro atoms. The van der Waals surface area contributed by atoms with Crippen LogP contribution in [0.4, 0.5) is 8.78 Å². The highest BCUT2D eigenvalue weighted by atomic mass is 35.5. The monoisotopic (exact) mass is 283 g/mol. The van der Waals surface area contributed by atoms with E-state index in [9.17, 15) is 8.78 Å². The number of halogens is 3. The molecule has 18 heavy (non-hydrogen) atoms. The molecule has 0 aliphatic carbocycles. The van der Waals surface area contributed by atoms with Crippen molar-refractivity contribution in [3.05, 3.63) is 0 Å². The molecular formula is C12H24ClF2N3. The van der Waals surface area contributed by atoms with Crippen LogP contribution >= 0.6 is 12.4 Å². The smallest absolute Gasteiger partial charge is 0.251 e. The van der Waals surface area contributed by atoms with Crippen molar-refractivity contribution in [2.75, 3.05) is 52.4 Å². The van der Waals surface area contributed by atoms with Crippen molar-refractivity contribution in [1.82, 2.24) is 15.1 Å². The van der Waals surface area contributed by atoms with E-state index in [-0.39, 0.29) is 19.0 Å². The van der Waals surface area contributed by atoms with Crippen LogP contribution in [0, 0.1) is 5.41 Å². The molecule has 2 aliphatic rings. The third-order valence-corrected chi connectivity index (χ3v) is 3.92. The number of nitrogens with one attached hydrogen (secondary N) is 1. The molecule has 108 valence electrons. The average molecular weight is 284 g/mol. The topological polar surface area (TPSA) is 18.5 Å². The average Bonchev–Trinajstić information content (AvgIpc) is 2.67. The van der Waals surface area contributed by atoms with E-state index in [1.165, 1.54) is 6.42 Å². The zero-order chi connectivity index (χ0) is 12.3. The first kappa shape index (κ1) is 16.1. The molecule has 2 rings (SSSR count). The molecule has 0 saturated carbocycles. The van der Waals surface area contributed by atoms with Gasteiger partial charge in [-0.1, -0.05) is 6.92 Å². The van der Waals surface area contributed by atoms with Crippen molar-refractivity contribution in [1.29, 1.82) is 0 Å². The summed E-state index contributed by atoms with van der Waals surface area (Å²) in [6, 6.07) is 0. The molecule has 3 nitrogen and oxygen atoms in total. The summed E-state index contributed by atoms with van der Waals surface area (Å²) in [6.07, 6.45) is -0.970. The number of hydrogen-bond acceptors (Lipinski definition) is 3. The first-order chi connectivity index (χ1) is 8.07. The molecule has 1 N–H and O–H groups in total. The fourth-order valence-corrected chi connectivity index (χ4v) is 2.87. The second-order valence-electron chi connectivity index (χ2n) is 5.71. The maximum absolute atomic E-state index is 12.2. The van der Waals surface area contributed by atoms with Crippen LogP contribution in [0.5, 0.6) is 0 Å². The molecular weight excluding hydrogens is 260 g/mol. The first-order valence-electron chi connectivity index (χ1n) is 6.51. The molecule has 0 bridgehead atoms. The zero-order valence-electron chi connectivity index (χ0n) is 11.0. The normalized spacial score (nSPS) is 30.7. The number of alkyl halides is 2. The highest BCUT2D eigenvalue weighted by Gasteiger charge is 2.31. The number of hydrogen-bond donors (Lipinski definition) is 1. The second-order valence-corrected chi connectivity index (χ2v) is 5.71. The van der Waals surface area contributed by atoms with E-state index in [1.54, 1.807) is 0 Å². The molecule has 6 heteroatoms. The largest absolute Gasteiger partial charge is 0.316 e. The van der Waals surface area contributed by atoms with Crippen molar-refractivity contribution in [3.8, 4) is 0 Å². The van der Waals surface area contributed by atoms with Gasteiger partial charge in [0.05, 0.1) is 6.54 Å². The molecule has 0 radical (unpaired) electrons. The predicted molar refractivity (Wildman–Crippen MR) is 71.7 cm³/mol. The summed E-state index contributed by atoms with van der Waals surface area (Å²) >= 11 is 0. The summed E-state index contributed by atoms with van der Waals surface area (Å²) in [5.74, 6) is 0. The lowest BCUT2D eigenvalue weighted by Gasteiger charge is -2.38. The zero-order valence-corrected chi connectivity index (χ0v) is 11.8. The molecule has 2 fully saturated rings. The SMILES string of the molecule is CC1(CN2CCN(CC(F)F)CC2)CCNC1.Cl. The summed E-state index contributed by atoms with van der Waals surface area (Å²) in [7, 11) is 0. The van der Waals surface area contributed by atoms with Gasteiger partial charge < -0.3 is 10.2 Å². The van der Waals surface area contributed by atoms with Crippen molar-refractivity contribution in [3.63, 3.8) is 0 Å². The minimum absolute atomic E-state index is 0. The Labute approximate surface area is 114 Å². The van der Waals surface area contributed by atoms with Gasteiger partial charge in [-0.25, -0.2) is 8.78 Å². The van der Waals surface area contributed by atoms with Crippen LogP contribution in [-0.4, -0.2) is 68.6 Å². The van der Waals surface area contributed by atoms with Gasteiger partial charge in [-0.2, -0.15) is 0 Å². The van der Waals surface area contributed by atoms with Crippen molar-refractivity contribution >= 4 is 12.4 Å². The van der Waals surface area contributed by atoms with Crippen LogP contribution in [0.15, 0.2) is 0 Å². The van der Waals surface area contributed by atoms with Crippen LogP contribution in [0.3, 0.4) is 0 Å². The van der Waals surface area contributed by atoms with Crippen LogP contribution in [0.2, 0.25) is 0 Å². The molecule has 0 amide bonds. The van der Waals surface area contributed by atoms with Gasteiger partial charge in [-0.15, -0.1) is 12.4 Å².